The van der Waals surface area contributed by atoms with E-state index in [1.165, 1.54) is 10.4 Å². The Morgan fingerprint density at radius 3 is 2.88 bits per heavy atom. The van der Waals surface area contributed by atoms with E-state index >= 15 is 0 Å². The quantitative estimate of drug-likeness (QED) is 0.839. The Labute approximate surface area is 107 Å². The first-order valence-electron chi connectivity index (χ1n) is 6.11. The van der Waals surface area contributed by atoms with Crippen molar-refractivity contribution in [1.29, 1.82) is 0 Å². The Hall–Kier alpha value is -1.06. The largest absolute Gasteiger partial charge is 0.469 e. The van der Waals surface area contributed by atoms with Crippen LogP contribution in [0.5, 0.6) is 0 Å². The zero-order chi connectivity index (χ0) is 12.1. The molecule has 0 aliphatic carbocycles. The molecule has 1 atom stereocenters. The average Bonchev–Trinajstić information content (AvgIpc) is 2.95. The fourth-order valence-electron chi connectivity index (χ4n) is 2.11. The van der Waals surface area contributed by atoms with Crippen LogP contribution in [0.4, 0.5) is 0 Å². The van der Waals surface area contributed by atoms with Crippen molar-refractivity contribution in [2.75, 3.05) is 6.54 Å². The topological polar surface area (TPSA) is 25.2 Å². The molecular formula is C14H19NOS. The molecule has 2 aromatic rings. The summed E-state index contributed by atoms with van der Waals surface area (Å²) >= 11 is 1.82. The lowest BCUT2D eigenvalue weighted by atomic mass is 10.0. The lowest BCUT2D eigenvalue weighted by Crippen LogP contribution is -2.21. The maximum atomic E-state index is 5.38. The van der Waals surface area contributed by atoms with Crippen molar-refractivity contribution >= 4 is 11.3 Å². The minimum atomic E-state index is 0.441. The van der Waals surface area contributed by atoms with Crippen molar-refractivity contribution in [1.82, 2.24) is 5.32 Å². The Bertz CT molecular complexity index is 433. The van der Waals surface area contributed by atoms with Gasteiger partial charge in [0.1, 0.15) is 5.76 Å². The van der Waals surface area contributed by atoms with Gasteiger partial charge in [-0.2, -0.15) is 0 Å². The number of nitrogens with one attached hydrogen (secondary N) is 1. The average molecular weight is 249 g/mol. The van der Waals surface area contributed by atoms with E-state index in [9.17, 15) is 0 Å². The number of hydrogen-bond acceptors (Lipinski definition) is 3. The molecule has 0 aliphatic heterocycles. The van der Waals surface area contributed by atoms with Gasteiger partial charge in [-0.05, 0) is 49.0 Å². The Morgan fingerprint density at radius 1 is 1.41 bits per heavy atom. The zero-order valence-corrected chi connectivity index (χ0v) is 11.2. The van der Waals surface area contributed by atoms with Crippen molar-refractivity contribution in [3.8, 4) is 0 Å². The Kier molecular flexibility index (Phi) is 4.40. The normalized spacial score (nSPS) is 12.8. The molecule has 0 radical (unpaired) electrons. The van der Waals surface area contributed by atoms with Gasteiger partial charge in [0, 0.05) is 17.3 Å². The maximum Gasteiger partial charge on any atom is 0.103 e. The van der Waals surface area contributed by atoms with Gasteiger partial charge in [0.2, 0.25) is 0 Å². The first kappa shape index (κ1) is 12.4. The molecule has 3 heteroatoms. The minimum Gasteiger partial charge on any atom is -0.469 e. The minimum absolute atomic E-state index is 0.441. The molecule has 0 aromatic carbocycles. The second-order valence-corrected chi connectivity index (χ2v) is 5.28. The van der Waals surface area contributed by atoms with Crippen LogP contribution in [0.3, 0.4) is 0 Å². The molecule has 2 rings (SSSR count). The molecule has 0 aliphatic rings. The SMILES string of the molecule is CCNC(CCc1ccco1)c1ccsc1C. The Morgan fingerprint density at radius 2 is 2.29 bits per heavy atom. The van der Waals surface area contributed by atoms with Crippen molar-refractivity contribution in [3.05, 3.63) is 46.0 Å². The second kappa shape index (κ2) is 6.03. The molecule has 17 heavy (non-hydrogen) atoms. The van der Waals surface area contributed by atoms with Gasteiger partial charge in [-0.15, -0.1) is 11.3 Å². The van der Waals surface area contributed by atoms with E-state index in [1.54, 1.807) is 6.26 Å². The summed E-state index contributed by atoms with van der Waals surface area (Å²) in [7, 11) is 0. The fourth-order valence-corrected chi connectivity index (χ4v) is 2.88. The highest BCUT2D eigenvalue weighted by Gasteiger charge is 2.14. The van der Waals surface area contributed by atoms with Crippen molar-refractivity contribution in [2.45, 2.75) is 32.7 Å². The van der Waals surface area contributed by atoms with Crippen LogP contribution in [0.25, 0.3) is 0 Å². The number of furan rings is 1. The van der Waals surface area contributed by atoms with Crippen molar-refractivity contribution in [3.63, 3.8) is 0 Å². The summed E-state index contributed by atoms with van der Waals surface area (Å²) in [5.41, 5.74) is 1.43. The highest BCUT2D eigenvalue weighted by atomic mass is 32.1. The van der Waals surface area contributed by atoms with Gasteiger partial charge in [0.05, 0.1) is 6.26 Å². The summed E-state index contributed by atoms with van der Waals surface area (Å²) < 4.78 is 5.38. The molecule has 1 unspecified atom stereocenters. The predicted molar refractivity (Wildman–Crippen MR) is 72.5 cm³/mol. The monoisotopic (exact) mass is 249 g/mol. The molecule has 2 heterocycles. The molecule has 0 saturated carbocycles. The zero-order valence-electron chi connectivity index (χ0n) is 10.4. The van der Waals surface area contributed by atoms with Crippen LogP contribution in [0.2, 0.25) is 0 Å². The molecule has 0 fully saturated rings. The lowest BCUT2D eigenvalue weighted by molar-refractivity contribution is 0.458. The van der Waals surface area contributed by atoms with Crippen molar-refractivity contribution < 1.29 is 4.42 Å². The van der Waals surface area contributed by atoms with Crippen LogP contribution in [0.1, 0.15) is 35.6 Å². The third-order valence-corrected chi connectivity index (χ3v) is 3.85. The summed E-state index contributed by atoms with van der Waals surface area (Å²) in [6, 6.07) is 6.67. The first-order valence-corrected chi connectivity index (χ1v) is 6.99. The van der Waals surface area contributed by atoms with E-state index in [0.29, 0.717) is 6.04 Å². The second-order valence-electron chi connectivity index (χ2n) is 4.16. The summed E-state index contributed by atoms with van der Waals surface area (Å²) in [5, 5.41) is 5.72. The van der Waals surface area contributed by atoms with Gasteiger partial charge < -0.3 is 9.73 Å². The molecule has 0 spiro atoms. The smallest absolute Gasteiger partial charge is 0.103 e. The van der Waals surface area contributed by atoms with Gasteiger partial charge in [0.15, 0.2) is 0 Å². The summed E-state index contributed by atoms with van der Waals surface area (Å²) in [4.78, 5) is 1.41. The number of aryl methyl sites for hydroxylation is 2. The Balaban J connectivity index is 2.00. The maximum absolute atomic E-state index is 5.38. The van der Waals surface area contributed by atoms with Crippen LogP contribution in [0.15, 0.2) is 34.3 Å². The standard InChI is InChI=1S/C14H19NOS/c1-3-15-14(13-8-10-17-11(13)2)7-6-12-5-4-9-16-12/h4-5,8-10,14-15H,3,6-7H2,1-2H3. The molecule has 0 bridgehead atoms. The third-order valence-electron chi connectivity index (χ3n) is 2.98. The predicted octanol–water partition coefficient (Wildman–Crippen LogP) is 3.93. The van der Waals surface area contributed by atoms with Gasteiger partial charge >= 0.3 is 0 Å². The number of thiophene rings is 1. The van der Waals surface area contributed by atoms with Gasteiger partial charge in [-0.25, -0.2) is 0 Å². The highest BCUT2D eigenvalue weighted by Crippen LogP contribution is 2.26. The van der Waals surface area contributed by atoms with E-state index in [0.717, 1.165) is 25.1 Å². The molecule has 0 saturated heterocycles. The molecule has 0 amide bonds. The first-order chi connectivity index (χ1) is 8.31. The highest BCUT2D eigenvalue weighted by molar-refractivity contribution is 7.10. The van der Waals surface area contributed by atoms with Crippen LogP contribution in [0, 0.1) is 6.92 Å². The molecule has 92 valence electrons. The summed E-state index contributed by atoms with van der Waals surface area (Å²) in [5.74, 6) is 1.07. The van der Waals surface area contributed by atoms with Crippen LogP contribution in [-0.4, -0.2) is 6.54 Å². The van der Waals surface area contributed by atoms with Gasteiger partial charge in [0.25, 0.3) is 0 Å². The lowest BCUT2D eigenvalue weighted by Gasteiger charge is -2.17. The summed E-state index contributed by atoms with van der Waals surface area (Å²) in [6.45, 7) is 5.34. The van der Waals surface area contributed by atoms with Crippen molar-refractivity contribution in [2.24, 2.45) is 0 Å². The molecule has 1 N–H and O–H groups in total. The van der Waals surface area contributed by atoms with E-state index in [4.69, 9.17) is 4.42 Å². The molecule has 2 aromatic heterocycles. The van der Waals surface area contributed by atoms with E-state index in [1.807, 2.05) is 23.5 Å². The summed E-state index contributed by atoms with van der Waals surface area (Å²) in [6.07, 6.45) is 3.81. The van der Waals surface area contributed by atoms with Crippen LogP contribution < -0.4 is 5.32 Å². The fraction of sp³-hybridized carbons (Fsp3) is 0.429. The van der Waals surface area contributed by atoms with Gasteiger partial charge in [-0.3, -0.25) is 0 Å². The van der Waals surface area contributed by atoms with E-state index in [2.05, 4.69) is 30.6 Å². The third kappa shape index (κ3) is 3.20. The number of hydrogen-bond donors (Lipinski definition) is 1. The number of rotatable bonds is 6. The van der Waals surface area contributed by atoms with Crippen LogP contribution >= 0.6 is 11.3 Å². The van der Waals surface area contributed by atoms with E-state index in [-0.39, 0.29) is 0 Å². The van der Waals surface area contributed by atoms with E-state index < -0.39 is 0 Å². The molecule has 2 nitrogen and oxygen atoms in total. The van der Waals surface area contributed by atoms with Gasteiger partial charge in [-0.1, -0.05) is 6.92 Å². The van der Waals surface area contributed by atoms with Crippen LogP contribution in [-0.2, 0) is 6.42 Å². The molecular weight excluding hydrogens is 230 g/mol.